The predicted octanol–water partition coefficient (Wildman–Crippen LogP) is 4.18. The van der Waals surface area contributed by atoms with Gasteiger partial charge in [0.05, 0.1) is 19.2 Å². The molecule has 1 aliphatic heterocycles. The second-order valence-corrected chi connectivity index (χ2v) is 7.68. The Bertz CT molecular complexity index is 1270. The van der Waals surface area contributed by atoms with E-state index in [-0.39, 0.29) is 23.7 Å². The number of methoxy groups -OCH3 is 1. The summed E-state index contributed by atoms with van der Waals surface area (Å²) in [5, 5.41) is 5.71. The van der Waals surface area contributed by atoms with Crippen molar-refractivity contribution in [3.63, 3.8) is 0 Å². The summed E-state index contributed by atoms with van der Waals surface area (Å²) in [6, 6.07) is 19.2. The van der Waals surface area contributed by atoms with Gasteiger partial charge in [-0.3, -0.25) is 19.3 Å². The monoisotopic (exact) mass is 459 g/mol. The highest BCUT2D eigenvalue weighted by Crippen LogP contribution is 2.32. The van der Waals surface area contributed by atoms with Crippen LogP contribution in [0.1, 0.15) is 18.1 Å². The van der Waals surface area contributed by atoms with Crippen LogP contribution in [0.4, 0.5) is 15.8 Å². The van der Waals surface area contributed by atoms with Gasteiger partial charge in [-0.2, -0.15) is 0 Å². The van der Waals surface area contributed by atoms with Crippen LogP contribution in [0.3, 0.4) is 0 Å². The molecule has 0 saturated heterocycles. The van der Waals surface area contributed by atoms with E-state index in [2.05, 4.69) is 10.6 Å². The summed E-state index contributed by atoms with van der Waals surface area (Å²) >= 11 is 0. The number of rotatable bonds is 7. The van der Waals surface area contributed by atoms with Gasteiger partial charge in [-0.25, -0.2) is 4.39 Å². The number of ether oxygens (including phenoxy) is 1. The van der Waals surface area contributed by atoms with E-state index in [1.165, 1.54) is 31.2 Å². The topological polar surface area (TPSA) is 87.7 Å². The van der Waals surface area contributed by atoms with Crippen molar-refractivity contribution in [1.82, 2.24) is 4.90 Å². The molecule has 0 fully saturated rings. The van der Waals surface area contributed by atoms with Gasteiger partial charge in [0.1, 0.15) is 17.3 Å². The third-order valence-corrected chi connectivity index (χ3v) is 5.28. The van der Waals surface area contributed by atoms with Crippen molar-refractivity contribution in [2.75, 3.05) is 17.7 Å². The Hall–Kier alpha value is -4.46. The molecule has 0 spiro atoms. The van der Waals surface area contributed by atoms with Crippen LogP contribution in [0.2, 0.25) is 0 Å². The molecule has 4 rings (SSSR count). The van der Waals surface area contributed by atoms with E-state index in [1.807, 2.05) is 0 Å². The molecule has 0 aromatic heterocycles. The summed E-state index contributed by atoms with van der Waals surface area (Å²) in [6.07, 6.45) is 0. The summed E-state index contributed by atoms with van der Waals surface area (Å²) in [7, 11) is 1.56. The molecule has 1 heterocycles. The van der Waals surface area contributed by atoms with E-state index in [1.54, 1.807) is 55.6 Å². The molecule has 7 nitrogen and oxygen atoms in total. The van der Waals surface area contributed by atoms with Gasteiger partial charge in [-0.15, -0.1) is 0 Å². The minimum absolute atomic E-state index is 0.0685. The first kappa shape index (κ1) is 22.7. The predicted molar refractivity (Wildman–Crippen MR) is 126 cm³/mol. The fourth-order valence-electron chi connectivity index (χ4n) is 3.62. The van der Waals surface area contributed by atoms with Crippen LogP contribution < -0.4 is 15.4 Å². The van der Waals surface area contributed by atoms with E-state index >= 15 is 0 Å². The second kappa shape index (κ2) is 9.58. The lowest BCUT2D eigenvalue weighted by Crippen LogP contribution is -2.32. The Labute approximate surface area is 195 Å². The number of anilines is 2. The van der Waals surface area contributed by atoms with Crippen LogP contribution in [0.25, 0.3) is 5.57 Å². The highest BCUT2D eigenvalue weighted by atomic mass is 19.1. The Balaban J connectivity index is 1.66. The van der Waals surface area contributed by atoms with Gasteiger partial charge in [0.2, 0.25) is 5.91 Å². The molecule has 0 atom stereocenters. The first-order valence-electron chi connectivity index (χ1n) is 10.5. The standard InChI is InChI=1S/C26H22FN3O4/c1-16(31)28-20-9-11-21(12-10-20)29-24-23(18-5-7-19(27)8-6-18)25(32)30(26(24)33)15-17-3-13-22(34-2)14-4-17/h3-14,29H,15H2,1-2H3,(H,28,31). The molecule has 0 saturated carbocycles. The normalized spacial score (nSPS) is 13.3. The molecular formula is C26H22FN3O4. The number of benzene rings is 3. The lowest BCUT2D eigenvalue weighted by atomic mass is 10.0. The lowest BCUT2D eigenvalue weighted by molar-refractivity contribution is -0.137. The number of hydrogen-bond donors (Lipinski definition) is 2. The van der Waals surface area contributed by atoms with Gasteiger partial charge in [0.25, 0.3) is 11.8 Å². The maximum absolute atomic E-state index is 13.5. The molecular weight excluding hydrogens is 437 g/mol. The van der Waals surface area contributed by atoms with Gasteiger partial charge in [-0.1, -0.05) is 24.3 Å². The van der Waals surface area contributed by atoms with Crippen molar-refractivity contribution in [2.45, 2.75) is 13.5 Å². The molecule has 8 heteroatoms. The van der Waals surface area contributed by atoms with E-state index in [0.717, 1.165) is 10.5 Å². The van der Waals surface area contributed by atoms with Crippen molar-refractivity contribution >= 4 is 34.7 Å². The summed E-state index contributed by atoms with van der Waals surface area (Å²) in [5.41, 5.74) is 2.58. The molecule has 0 radical (unpaired) electrons. The number of carbonyl (C=O) groups is 3. The van der Waals surface area contributed by atoms with E-state index < -0.39 is 17.6 Å². The van der Waals surface area contributed by atoms with Gasteiger partial charge in [0.15, 0.2) is 0 Å². The lowest BCUT2D eigenvalue weighted by Gasteiger charge is -2.16. The summed E-state index contributed by atoms with van der Waals surface area (Å²) in [4.78, 5) is 39.1. The van der Waals surface area contributed by atoms with Crippen molar-refractivity contribution in [3.05, 3.63) is 95.4 Å². The van der Waals surface area contributed by atoms with E-state index in [9.17, 15) is 18.8 Å². The Kier molecular flexibility index (Phi) is 6.40. The summed E-state index contributed by atoms with van der Waals surface area (Å²) < 4.78 is 18.7. The number of nitrogens with one attached hydrogen (secondary N) is 2. The van der Waals surface area contributed by atoms with Crippen LogP contribution in [0.15, 0.2) is 78.5 Å². The van der Waals surface area contributed by atoms with Crippen LogP contribution in [0.5, 0.6) is 5.75 Å². The molecule has 34 heavy (non-hydrogen) atoms. The fraction of sp³-hybridized carbons (Fsp3) is 0.115. The maximum Gasteiger partial charge on any atom is 0.278 e. The smallest absolute Gasteiger partial charge is 0.278 e. The number of hydrogen-bond acceptors (Lipinski definition) is 5. The third-order valence-electron chi connectivity index (χ3n) is 5.28. The van der Waals surface area contributed by atoms with E-state index in [0.29, 0.717) is 22.7 Å². The minimum atomic E-state index is -0.494. The SMILES string of the molecule is COc1ccc(CN2C(=O)C(Nc3ccc(NC(C)=O)cc3)=C(c3ccc(F)cc3)C2=O)cc1. The number of halogens is 1. The first-order chi connectivity index (χ1) is 16.4. The molecule has 3 amide bonds. The molecule has 2 N–H and O–H groups in total. The van der Waals surface area contributed by atoms with E-state index in [4.69, 9.17) is 4.74 Å². The van der Waals surface area contributed by atoms with Gasteiger partial charge in [-0.05, 0) is 59.7 Å². The average Bonchev–Trinajstić information content (AvgIpc) is 3.05. The molecule has 3 aromatic rings. The Morgan fingerprint density at radius 2 is 1.50 bits per heavy atom. The van der Waals surface area contributed by atoms with Gasteiger partial charge in [0, 0.05) is 18.3 Å². The number of imide groups is 1. The Morgan fingerprint density at radius 3 is 2.09 bits per heavy atom. The Morgan fingerprint density at radius 1 is 0.882 bits per heavy atom. The van der Waals surface area contributed by atoms with Crippen molar-refractivity contribution in [3.8, 4) is 5.75 Å². The minimum Gasteiger partial charge on any atom is -0.497 e. The first-order valence-corrected chi connectivity index (χ1v) is 10.5. The van der Waals surface area contributed by atoms with Crippen LogP contribution >= 0.6 is 0 Å². The molecule has 0 bridgehead atoms. The van der Waals surface area contributed by atoms with Crippen LogP contribution in [-0.4, -0.2) is 29.7 Å². The average molecular weight is 459 g/mol. The van der Waals surface area contributed by atoms with Crippen LogP contribution in [0, 0.1) is 5.82 Å². The largest absolute Gasteiger partial charge is 0.497 e. The zero-order chi connectivity index (χ0) is 24.2. The van der Waals surface area contributed by atoms with Gasteiger partial charge >= 0.3 is 0 Å². The molecule has 0 unspecified atom stereocenters. The molecule has 172 valence electrons. The summed E-state index contributed by atoms with van der Waals surface area (Å²) in [6.45, 7) is 1.48. The molecule has 0 aliphatic carbocycles. The zero-order valence-corrected chi connectivity index (χ0v) is 18.6. The molecule has 3 aromatic carbocycles. The van der Waals surface area contributed by atoms with Gasteiger partial charge < -0.3 is 15.4 Å². The zero-order valence-electron chi connectivity index (χ0n) is 18.6. The van der Waals surface area contributed by atoms with Crippen molar-refractivity contribution < 1.29 is 23.5 Å². The highest BCUT2D eigenvalue weighted by Gasteiger charge is 2.39. The molecule has 1 aliphatic rings. The van der Waals surface area contributed by atoms with Crippen LogP contribution in [-0.2, 0) is 20.9 Å². The number of nitrogens with zero attached hydrogens (tertiary/aromatic N) is 1. The maximum atomic E-state index is 13.5. The third kappa shape index (κ3) is 4.80. The second-order valence-electron chi connectivity index (χ2n) is 7.68. The summed E-state index contributed by atoms with van der Waals surface area (Å²) in [5.74, 6) is -0.957. The quantitative estimate of drug-likeness (QED) is 0.518. The number of amides is 3. The van der Waals surface area contributed by atoms with Crippen molar-refractivity contribution in [1.29, 1.82) is 0 Å². The number of carbonyl (C=O) groups excluding carboxylic acids is 3. The fourth-order valence-corrected chi connectivity index (χ4v) is 3.62. The highest BCUT2D eigenvalue weighted by molar-refractivity contribution is 6.36. The van der Waals surface area contributed by atoms with Crippen molar-refractivity contribution in [2.24, 2.45) is 0 Å².